The van der Waals surface area contributed by atoms with Crippen LogP contribution in [0.1, 0.15) is 41.4 Å². The summed E-state index contributed by atoms with van der Waals surface area (Å²) in [5.41, 5.74) is 1.88. The standard InChI is InChI=1S/2C8H5NO2.C2H2/c2*10-7-5-3-1-2-4-6(5)8(11)9-7;1-2/h2*1-4H,(H,9,10,11);1-2H. The first-order chi connectivity index (χ1) is 11.6. The van der Waals surface area contributed by atoms with Crippen LogP contribution in [0.15, 0.2) is 48.5 Å². The predicted octanol–water partition coefficient (Wildman–Crippen LogP) is 1.39. The molecule has 118 valence electrons. The number of hydrogen-bond donors (Lipinski definition) is 2. The minimum Gasteiger partial charge on any atom is -0.288 e. The Morgan fingerprint density at radius 2 is 0.708 bits per heavy atom. The van der Waals surface area contributed by atoms with Crippen molar-refractivity contribution in [3.8, 4) is 12.8 Å². The molecule has 0 unspecified atom stereocenters. The summed E-state index contributed by atoms with van der Waals surface area (Å²) in [6.45, 7) is 0. The number of carbonyl (C=O) groups excluding carboxylic acids is 4. The lowest BCUT2D eigenvalue weighted by Crippen LogP contribution is -2.19. The summed E-state index contributed by atoms with van der Waals surface area (Å²) in [7, 11) is 0. The van der Waals surface area contributed by atoms with Gasteiger partial charge in [0.25, 0.3) is 23.6 Å². The number of fused-ring (bicyclic) bond motifs is 2. The Bertz CT molecular complexity index is 733. The molecule has 4 rings (SSSR count). The molecule has 0 aromatic heterocycles. The molecular formula is C18H12N2O4. The van der Waals surface area contributed by atoms with Gasteiger partial charge in [0.2, 0.25) is 0 Å². The Balaban J connectivity index is 0.000000158. The van der Waals surface area contributed by atoms with E-state index in [4.69, 9.17) is 0 Å². The highest BCUT2D eigenvalue weighted by Crippen LogP contribution is 2.14. The van der Waals surface area contributed by atoms with E-state index in [2.05, 4.69) is 23.5 Å². The van der Waals surface area contributed by atoms with Crippen LogP contribution in [-0.4, -0.2) is 23.6 Å². The number of hydrogen-bond acceptors (Lipinski definition) is 4. The third-order valence-electron chi connectivity index (χ3n) is 3.29. The summed E-state index contributed by atoms with van der Waals surface area (Å²) in [5, 5.41) is 4.41. The van der Waals surface area contributed by atoms with Gasteiger partial charge in [0.1, 0.15) is 0 Å². The van der Waals surface area contributed by atoms with Gasteiger partial charge >= 0.3 is 0 Å². The van der Waals surface area contributed by atoms with Gasteiger partial charge in [-0.05, 0) is 24.3 Å². The fraction of sp³-hybridized carbons (Fsp3) is 0. The Morgan fingerprint density at radius 3 is 0.917 bits per heavy atom. The third kappa shape index (κ3) is 3.05. The van der Waals surface area contributed by atoms with Crippen LogP contribution in [0.5, 0.6) is 0 Å². The van der Waals surface area contributed by atoms with Crippen molar-refractivity contribution in [3.63, 3.8) is 0 Å². The van der Waals surface area contributed by atoms with Gasteiger partial charge in [-0.15, -0.1) is 12.8 Å². The van der Waals surface area contributed by atoms with E-state index in [9.17, 15) is 19.2 Å². The second-order valence-corrected chi connectivity index (χ2v) is 4.66. The van der Waals surface area contributed by atoms with Crippen LogP contribution in [-0.2, 0) is 0 Å². The number of benzene rings is 2. The molecule has 2 aromatic rings. The van der Waals surface area contributed by atoms with Crippen LogP contribution in [0, 0.1) is 12.8 Å². The molecule has 0 fully saturated rings. The van der Waals surface area contributed by atoms with E-state index >= 15 is 0 Å². The fourth-order valence-electron chi connectivity index (χ4n) is 2.23. The molecule has 24 heavy (non-hydrogen) atoms. The van der Waals surface area contributed by atoms with Gasteiger partial charge in [-0.2, -0.15) is 0 Å². The number of carbonyl (C=O) groups is 4. The van der Waals surface area contributed by atoms with Gasteiger partial charge in [-0.3, -0.25) is 29.8 Å². The van der Waals surface area contributed by atoms with E-state index in [0.29, 0.717) is 22.3 Å². The van der Waals surface area contributed by atoms with Crippen molar-refractivity contribution in [2.24, 2.45) is 0 Å². The number of terminal acetylenes is 1. The van der Waals surface area contributed by atoms with Crippen molar-refractivity contribution in [2.45, 2.75) is 0 Å². The maximum absolute atomic E-state index is 10.9. The highest BCUT2D eigenvalue weighted by atomic mass is 16.2. The molecule has 6 heteroatoms. The molecule has 6 nitrogen and oxygen atoms in total. The van der Waals surface area contributed by atoms with Crippen molar-refractivity contribution < 1.29 is 19.2 Å². The minimum atomic E-state index is -0.300. The van der Waals surface area contributed by atoms with Crippen LogP contribution < -0.4 is 10.6 Å². The number of rotatable bonds is 0. The number of nitrogens with one attached hydrogen (secondary N) is 2. The molecule has 0 aliphatic carbocycles. The van der Waals surface area contributed by atoms with Crippen molar-refractivity contribution in [2.75, 3.05) is 0 Å². The Kier molecular flexibility index (Phi) is 4.87. The summed E-state index contributed by atoms with van der Waals surface area (Å²) in [6.07, 6.45) is 8.00. The molecule has 0 bridgehead atoms. The van der Waals surface area contributed by atoms with Gasteiger partial charge in [0.05, 0.1) is 22.3 Å². The molecule has 2 aliphatic heterocycles. The predicted molar refractivity (Wildman–Crippen MR) is 86.4 cm³/mol. The van der Waals surface area contributed by atoms with Gasteiger partial charge < -0.3 is 0 Å². The fourth-order valence-corrected chi connectivity index (χ4v) is 2.23. The maximum Gasteiger partial charge on any atom is 0.258 e. The zero-order chi connectivity index (χ0) is 17.7. The monoisotopic (exact) mass is 320 g/mol. The largest absolute Gasteiger partial charge is 0.288 e. The van der Waals surface area contributed by atoms with Crippen LogP contribution in [0.3, 0.4) is 0 Å². The Labute approximate surface area is 137 Å². The first-order valence-electron chi connectivity index (χ1n) is 6.80. The van der Waals surface area contributed by atoms with Gasteiger partial charge in [-0.25, -0.2) is 0 Å². The second kappa shape index (κ2) is 7.03. The molecule has 0 saturated heterocycles. The van der Waals surface area contributed by atoms with Crippen molar-refractivity contribution >= 4 is 23.6 Å². The average molecular weight is 320 g/mol. The lowest BCUT2D eigenvalue weighted by Gasteiger charge is -1.88. The van der Waals surface area contributed by atoms with E-state index in [1.165, 1.54) is 0 Å². The number of amides is 4. The van der Waals surface area contributed by atoms with Gasteiger partial charge in [-0.1, -0.05) is 24.3 Å². The summed E-state index contributed by atoms with van der Waals surface area (Å²) in [4.78, 5) is 43.8. The average Bonchev–Trinajstić information content (AvgIpc) is 3.07. The summed E-state index contributed by atoms with van der Waals surface area (Å²) < 4.78 is 0. The molecule has 4 amide bonds. The molecular weight excluding hydrogens is 308 g/mol. The second-order valence-electron chi connectivity index (χ2n) is 4.66. The summed E-state index contributed by atoms with van der Waals surface area (Å²) >= 11 is 0. The first-order valence-corrected chi connectivity index (χ1v) is 6.80. The zero-order valence-electron chi connectivity index (χ0n) is 12.4. The maximum atomic E-state index is 10.9. The van der Waals surface area contributed by atoms with E-state index < -0.39 is 0 Å². The van der Waals surface area contributed by atoms with Crippen molar-refractivity contribution in [1.29, 1.82) is 0 Å². The van der Waals surface area contributed by atoms with E-state index in [0.717, 1.165) is 0 Å². The van der Waals surface area contributed by atoms with Crippen LogP contribution in [0.2, 0.25) is 0 Å². The molecule has 0 atom stereocenters. The molecule has 2 aliphatic rings. The van der Waals surface area contributed by atoms with Crippen molar-refractivity contribution in [3.05, 3.63) is 70.8 Å². The normalized spacial score (nSPS) is 13.4. The highest BCUT2D eigenvalue weighted by molar-refractivity contribution is 6.22. The Hall–Kier alpha value is -3.72. The zero-order valence-corrected chi connectivity index (χ0v) is 12.4. The van der Waals surface area contributed by atoms with Crippen LogP contribution in [0.4, 0.5) is 0 Å². The van der Waals surface area contributed by atoms with Gasteiger partial charge in [0, 0.05) is 0 Å². The Morgan fingerprint density at radius 1 is 0.500 bits per heavy atom. The molecule has 0 spiro atoms. The van der Waals surface area contributed by atoms with E-state index in [1.807, 2.05) is 0 Å². The lowest BCUT2D eigenvalue weighted by molar-refractivity contribution is 0.0863. The van der Waals surface area contributed by atoms with Gasteiger partial charge in [0.15, 0.2) is 0 Å². The van der Waals surface area contributed by atoms with E-state index in [1.54, 1.807) is 48.5 Å². The third-order valence-corrected chi connectivity index (χ3v) is 3.29. The highest BCUT2D eigenvalue weighted by Gasteiger charge is 2.25. The quantitative estimate of drug-likeness (QED) is 0.567. The first kappa shape index (κ1) is 16.6. The minimum absolute atomic E-state index is 0.300. The van der Waals surface area contributed by atoms with E-state index in [-0.39, 0.29) is 23.6 Å². The number of imide groups is 2. The smallest absolute Gasteiger partial charge is 0.258 e. The van der Waals surface area contributed by atoms with Crippen LogP contribution >= 0.6 is 0 Å². The summed E-state index contributed by atoms with van der Waals surface area (Å²) in [5.74, 6) is -1.20. The molecule has 0 saturated carbocycles. The molecule has 2 heterocycles. The molecule has 0 radical (unpaired) electrons. The SMILES string of the molecule is C#C.O=C1NC(=O)c2ccccc21.O=C1NC(=O)c2ccccc21. The van der Waals surface area contributed by atoms with Crippen molar-refractivity contribution in [1.82, 2.24) is 10.6 Å². The topological polar surface area (TPSA) is 92.3 Å². The molecule has 2 aromatic carbocycles. The van der Waals surface area contributed by atoms with Crippen LogP contribution in [0.25, 0.3) is 0 Å². The summed E-state index contributed by atoms with van der Waals surface area (Å²) in [6, 6.07) is 13.5. The lowest BCUT2D eigenvalue weighted by atomic mass is 10.1. The molecule has 2 N–H and O–H groups in total.